The van der Waals surface area contributed by atoms with Crippen molar-refractivity contribution in [1.82, 2.24) is 19.8 Å². The Morgan fingerprint density at radius 1 is 1.12 bits per heavy atom. The van der Waals surface area contributed by atoms with Crippen molar-refractivity contribution >= 4 is 34.7 Å². The summed E-state index contributed by atoms with van der Waals surface area (Å²) in [6.45, 7) is 0.796. The SMILES string of the molecule is FC(F)(F)c1nnc2ccc(NCCCOc3ccc(Cl)cc3Cl)nn12. The Kier molecular flexibility index (Phi) is 5.38. The Balaban J connectivity index is 1.55. The third kappa shape index (κ3) is 4.28. The van der Waals surface area contributed by atoms with Crippen LogP contribution in [0, 0.1) is 0 Å². The first-order chi connectivity index (χ1) is 12.3. The molecule has 0 aliphatic heterocycles. The standard InChI is InChI=1S/C15H12Cl2F3N5O/c16-9-2-3-11(10(17)8-9)26-7-1-6-21-12-4-5-13-22-23-14(15(18,19)20)25(13)24-12/h2-5,8H,1,6-7H2,(H,21,24). The molecule has 2 heterocycles. The zero-order valence-electron chi connectivity index (χ0n) is 13.1. The Morgan fingerprint density at radius 2 is 1.92 bits per heavy atom. The minimum Gasteiger partial charge on any atom is -0.492 e. The molecule has 0 radical (unpaired) electrons. The maximum absolute atomic E-state index is 12.8. The smallest absolute Gasteiger partial charge is 0.453 e. The Morgan fingerprint density at radius 3 is 2.65 bits per heavy atom. The van der Waals surface area contributed by atoms with Crippen molar-refractivity contribution in [3.8, 4) is 5.75 Å². The van der Waals surface area contributed by atoms with Crippen molar-refractivity contribution in [2.24, 2.45) is 0 Å². The topological polar surface area (TPSA) is 64.3 Å². The maximum atomic E-state index is 12.8. The van der Waals surface area contributed by atoms with Gasteiger partial charge in [-0.3, -0.25) is 0 Å². The summed E-state index contributed by atoms with van der Waals surface area (Å²) < 4.78 is 44.7. The molecule has 138 valence electrons. The third-order valence-corrected chi connectivity index (χ3v) is 3.83. The molecular weight excluding hydrogens is 394 g/mol. The number of halogens is 5. The Hall–Kier alpha value is -2.26. The first-order valence-corrected chi connectivity index (χ1v) is 8.21. The highest BCUT2D eigenvalue weighted by molar-refractivity contribution is 6.35. The van der Waals surface area contributed by atoms with Crippen LogP contribution in [0.2, 0.25) is 10.0 Å². The molecule has 26 heavy (non-hydrogen) atoms. The van der Waals surface area contributed by atoms with Gasteiger partial charge < -0.3 is 10.1 Å². The summed E-state index contributed by atoms with van der Waals surface area (Å²) in [5, 5.41) is 14.3. The number of aromatic nitrogens is 4. The van der Waals surface area contributed by atoms with Crippen molar-refractivity contribution in [3.05, 3.63) is 46.2 Å². The van der Waals surface area contributed by atoms with Crippen LogP contribution in [0.5, 0.6) is 5.75 Å². The normalized spacial score (nSPS) is 11.7. The predicted molar refractivity (Wildman–Crippen MR) is 90.8 cm³/mol. The van der Waals surface area contributed by atoms with Gasteiger partial charge in [-0.2, -0.15) is 17.7 Å². The molecule has 2 aromatic heterocycles. The fourth-order valence-electron chi connectivity index (χ4n) is 2.12. The lowest BCUT2D eigenvalue weighted by atomic mass is 10.3. The van der Waals surface area contributed by atoms with E-state index in [1.165, 1.54) is 12.1 Å². The Labute approximate surface area is 155 Å². The Bertz CT molecular complexity index is 916. The van der Waals surface area contributed by atoms with E-state index in [-0.39, 0.29) is 11.5 Å². The zero-order chi connectivity index (χ0) is 18.7. The fraction of sp³-hybridized carbons (Fsp3) is 0.267. The highest BCUT2D eigenvalue weighted by Crippen LogP contribution is 2.28. The summed E-state index contributed by atoms with van der Waals surface area (Å²) in [4.78, 5) is 0. The van der Waals surface area contributed by atoms with E-state index < -0.39 is 12.0 Å². The molecule has 3 aromatic rings. The fourth-order valence-corrected chi connectivity index (χ4v) is 2.59. The molecule has 0 fully saturated rings. The summed E-state index contributed by atoms with van der Waals surface area (Å²) in [5.41, 5.74) is 0.0172. The molecular formula is C15H12Cl2F3N5O. The van der Waals surface area contributed by atoms with Crippen molar-refractivity contribution in [3.63, 3.8) is 0 Å². The second-order valence-corrected chi connectivity index (χ2v) is 6.06. The van der Waals surface area contributed by atoms with Gasteiger partial charge in [0.05, 0.1) is 11.6 Å². The number of rotatable bonds is 6. The first kappa shape index (κ1) is 18.5. The van der Waals surface area contributed by atoms with Crippen molar-refractivity contribution < 1.29 is 17.9 Å². The van der Waals surface area contributed by atoms with E-state index in [4.69, 9.17) is 27.9 Å². The number of nitrogens with zero attached hydrogens (tertiary/aromatic N) is 4. The monoisotopic (exact) mass is 405 g/mol. The molecule has 0 saturated heterocycles. The molecule has 0 saturated carbocycles. The van der Waals surface area contributed by atoms with Crippen molar-refractivity contribution in [2.45, 2.75) is 12.6 Å². The number of anilines is 1. The van der Waals surface area contributed by atoms with Gasteiger partial charge in [0.1, 0.15) is 11.6 Å². The van der Waals surface area contributed by atoms with Crippen LogP contribution in [-0.4, -0.2) is 33.0 Å². The summed E-state index contributed by atoms with van der Waals surface area (Å²) in [6.07, 6.45) is -4.05. The first-order valence-electron chi connectivity index (χ1n) is 7.46. The summed E-state index contributed by atoms with van der Waals surface area (Å²) >= 11 is 11.8. The second-order valence-electron chi connectivity index (χ2n) is 5.21. The lowest BCUT2D eigenvalue weighted by Crippen LogP contribution is -2.14. The molecule has 1 N–H and O–H groups in total. The van der Waals surface area contributed by atoms with Gasteiger partial charge in [-0.15, -0.1) is 15.3 Å². The molecule has 0 atom stereocenters. The number of nitrogens with one attached hydrogen (secondary N) is 1. The van der Waals surface area contributed by atoms with E-state index in [2.05, 4.69) is 20.6 Å². The minimum atomic E-state index is -4.63. The summed E-state index contributed by atoms with van der Waals surface area (Å²) in [5.74, 6) is -0.390. The van der Waals surface area contributed by atoms with Crippen molar-refractivity contribution in [2.75, 3.05) is 18.5 Å². The zero-order valence-corrected chi connectivity index (χ0v) is 14.6. The number of hydrogen-bond donors (Lipinski definition) is 1. The number of benzene rings is 1. The molecule has 0 unspecified atom stereocenters. The van der Waals surface area contributed by atoms with Crippen LogP contribution < -0.4 is 10.1 Å². The lowest BCUT2D eigenvalue weighted by Gasteiger charge is -2.09. The van der Waals surface area contributed by atoms with Gasteiger partial charge >= 0.3 is 6.18 Å². The lowest BCUT2D eigenvalue weighted by molar-refractivity contribution is -0.146. The van der Waals surface area contributed by atoms with Crippen LogP contribution in [0.1, 0.15) is 12.2 Å². The number of hydrogen-bond acceptors (Lipinski definition) is 5. The molecule has 1 aromatic carbocycles. The quantitative estimate of drug-likeness (QED) is 0.618. The van der Waals surface area contributed by atoms with E-state index in [9.17, 15) is 13.2 Å². The number of fused-ring (bicyclic) bond motifs is 1. The molecule has 0 aliphatic rings. The van der Waals surface area contributed by atoms with Crippen LogP contribution in [0.3, 0.4) is 0 Å². The van der Waals surface area contributed by atoms with E-state index in [1.54, 1.807) is 18.2 Å². The average Bonchev–Trinajstić information content (AvgIpc) is 2.99. The van der Waals surface area contributed by atoms with Crippen LogP contribution in [0.25, 0.3) is 5.65 Å². The van der Waals surface area contributed by atoms with Gasteiger partial charge in [-0.25, -0.2) is 0 Å². The van der Waals surface area contributed by atoms with Crippen LogP contribution >= 0.6 is 23.2 Å². The maximum Gasteiger partial charge on any atom is 0.453 e. The van der Waals surface area contributed by atoms with Crippen LogP contribution in [0.4, 0.5) is 19.0 Å². The molecule has 0 amide bonds. The molecule has 3 rings (SSSR count). The van der Waals surface area contributed by atoms with Gasteiger partial charge in [-0.1, -0.05) is 23.2 Å². The van der Waals surface area contributed by atoms with Gasteiger partial charge in [-0.05, 0) is 36.8 Å². The van der Waals surface area contributed by atoms with Gasteiger partial charge in [0.15, 0.2) is 5.65 Å². The highest BCUT2D eigenvalue weighted by Gasteiger charge is 2.37. The summed E-state index contributed by atoms with van der Waals surface area (Å²) in [7, 11) is 0. The largest absolute Gasteiger partial charge is 0.492 e. The molecule has 0 spiro atoms. The van der Waals surface area contributed by atoms with Gasteiger partial charge in [0.2, 0.25) is 0 Å². The minimum absolute atomic E-state index is 0.0172. The number of ether oxygens (including phenoxy) is 1. The van der Waals surface area contributed by atoms with Gasteiger partial charge in [0, 0.05) is 11.6 Å². The molecule has 6 nitrogen and oxygen atoms in total. The van der Waals surface area contributed by atoms with Crippen LogP contribution in [0.15, 0.2) is 30.3 Å². The second kappa shape index (κ2) is 7.55. The van der Waals surface area contributed by atoms with E-state index in [0.717, 1.165) is 0 Å². The van der Waals surface area contributed by atoms with E-state index >= 15 is 0 Å². The molecule has 11 heteroatoms. The van der Waals surface area contributed by atoms with E-state index in [0.29, 0.717) is 39.9 Å². The van der Waals surface area contributed by atoms with E-state index in [1.807, 2.05) is 0 Å². The number of alkyl halides is 3. The molecule has 0 bridgehead atoms. The third-order valence-electron chi connectivity index (χ3n) is 3.30. The molecule has 0 aliphatic carbocycles. The van der Waals surface area contributed by atoms with Crippen molar-refractivity contribution in [1.29, 1.82) is 0 Å². The highest BCUT2D eigenvalue weighted by atomic mass is 35.5. The van der Waals surface area contributed by atoms with Gasteiger partial charge in [0.25, 0.3) is 5.82 Å². The van der Waals surface area contributed by atoms with Crippen LogP contribution in [-0.2, 0) is 6.18 Å². The predicted octanol–water partition coefficient (Wildman–Crippen LogP) is 4.33. The average molecular weight is 406 g/mol. The summed E-state index contributed by atoms with van der Waals surface area (Å²) in [6, 6.07) is 7.84.